The third kappa shape index (κ3) is 3.74. The van der Waals surface area contributed by atoms with Crippen LogP contribution >= 0.6 is 0 Å². The van der Waals surface area contributed by atoms with E-state index >= 15 is 0 Å². The fourth-order valence-corrected chi connectivity index (χ4v) is 3.71. The molecule has 146 valence electrons. The summed E-state index contributed by atoms with van der Waals surface area (Å²) in [6.45, 7) is 3.01. The molecular formula is C22H20FN5O. The van der Waals surface area contributed by atoms with Crippen LogP contribution in [0.5, 0.6) is 0 Å². The van der Waals surface area contributed by atoms with E-state index in [0.717, 1.165) is 47.7 Å². The minimum absolute atomic E-state index is 0.148. The second-order valence-electron chi connectivity index (χ2n) is 7.15. The Morgan fingerprint density at radius 3 is 2.90 bits per heavy atom. The van der Waals surface area contributed by atoms with Gasteiger partial charge in [0.05, 0.1) is 17.8 Å². The molecular weight excluding hydrogens is 369 g/mol. The number of ether oxygens (including phenoxy) is 1. The van der Waals surface area contributed by atoms with Gasteiger partial charge in [0.1, 0.15) is 17.6 Å². The van der Waals surface area contributed by atoms with Crippen LogP contribution in [-0.4, -0.2) is 44.4 Å². The lowest BCUT2D eigenvalue weighted by Gasteiger charge is -2.31. The number of aromatic nitrogens is 4. The highest BCUT2D eigenvalue weighted by atomic mass is 19.1. The lowest BCUT2D eigenvalue weighted by molar-refractivity contribution is -0.0346. The highest BCUT2D eigenvalue weighted by Gasteiger charge is 2.26. The normalized spacial score (nSPS) is 17.6. The van der Waals surface area contributed by atoms with Gasteiger partial charge in [-0.25, -0.2) is 8.91 Å². The van der Waals surface area contributed by atoms with Crippen LogP contribution < -0.4 is 0 Å². The summed E-state index contributed by atoms with van der Waals surface area (Å²) in [6.07, 6.45) is 3.54. The average molecular weight is 389 g/mol. The van der Waals surface area contributed by atoms with Crippen molar-refractivity contribution >= 4 is 5.52 Å². The lowest BCUT2D eigenvalue weighted by Crippen LogP contribution is -2.38. The summed E-state index contributed by atoms with van der Waals surface area (Å²) in [6, 6.07) is 16.4. The van der Waals surface area contributed by atoms with E-state index in [0.29, 0.717) is 6.61 Å². The second kappa shape index (κ2) is 7.69. The average Bonchev–Trinajstić information content (AvgIpc) is 3.18. The highest BCUT2D eigenvalue weighted by molar-refractivity contribution is 5.66. The minimum Gasteiger partial charge on any atom is -0.369 e. The first kappa shape index (κ1) is 17.9. The number of pyridine rings is 2. The van der Waals surface area contributed by atoms with E-state index < -0.39 is 0 Å². The van der Waals surface area contributed by atoms with Crippen LogP contribution in [0.1, 0.15) is 17.5 Å². The number of hydrogen-bond donors (Lipinski definition) is 0. The molecule has 0 bridgehead atoms. The van der Waals surface area contributed by atoms with Gasteiger partial charge >= 0.3 is 0 Å². The molecule has 1 saturated heterocycles. The van der Waals surface area contributed by atoms with E-state index in [9.17, 15) is 4.39 Å². The summed E-state index contributed by atoms with van der Waals surface area (Å²) in [5.74, 6) is -0.259. The summed E-state index contributed by atoms with van der Waals surface area (Å²) in [4.78, 5) is 6.74. The molecule has 1 aromatic carbocycles. The largest absolute Gasteiger partial charge is 0.369 e. The van der Waals surface area contributed by atoms with Crippen LogP contribution in [0.3, 0.4) is 0 Å². The van der Waals surface area contributed by atoms with E-state index in [4.69, 9.17) is 4.74 Å². The Morgan fingerprint density at radius 2 is 2.03 bits per heavy atom. The van der Waals surface area contributed by atoms with Gasteiger partial charge in [0, 0.05) is 37.6 Å². The molecule has 1 atom stereocenters. The Balaban J connectivity index is 1.38. The molecule has 1 fully saturated rings. The maximum absolute atomic E-state index is 13.5. The Labute approximate surface area is 167 Å². The van der Waals surface area contributed by atoms with Crippen LogP contribution in [-0.2, 0) is 11.3 Å². The van der Waals surface area contributed by atoms with E-state index in [2.05, 4.69) is 20.2 Å². The van der Waals surface area contributed by atoms with Gasteiger partial charge in [-0.05, 0) is 35.9 Å². The number of benzene rings is 1. The van der Waals surface area contributed by atoms with Crippen molar-refractivity contribution in [2.24, 2.45) is 0 Å². The molecule has 0 N–H and O–H groups in total. The summed E-state index contributed by atoms with van der Waals surface area (Å²) in [7, 11) is 0. The van der Waals surface area contributed by atoms with Gasteiger partial charge in [0.15, 0.2) is 0 Å². The van der Waals surface area contributed by atoms with Crippen molar-refractivity contribution in [1.82, 2.24) is 24.7 Å². The van der Waals surface area contributed by atoms with Crippen LogP contribution in [0.25, 0.3) is 16.6 Å². The van der Waals surface area contributed by atoms with E-state index in [1.807, 2.05) is 48.8 Å². The summed E-state index contributed by atoms with van der Waals surface area (Å²) in [5.41, 5.74) is 4.45. The molecule has 29 heavy (non-hydrogen) atoms. The molecule has 0 radical (unpaired) electrons. The van der Waals surface area contributed by atoms with Gasteiger partial charge in [-0.1, -0.05) is 29.5 Å². The maximum Gasteiger partial charge on any atom is 0.123 e. The van der Waals surface area contributed by atoms with Gasteiger partial charge in [0.2, 0.25) is 0 Å². The van der Waals surface area contributed by atoms with Crippen molar-refractivity contribution < 1.29 is 9.13 Å². The monoisotopic (exact) mass is 389 g/mol. The third-order valence-electron chi connectivity index (χ3n) is 5.17. The number of morpholine rings is 1. The van der Waals surface area contributed by atoms with Gasteiger partial charge in [0.25, 0.3) is 0 Å². The van der Waals surface area contributed by atoms with Crippen molar-refractivity contribution in [2.75, 3.05) is 19.7 Å². The number of rotatable bonds is 4. The quantitative estimate of drug-likeness (QED) is 0.535. The predicted molar refractivity (Wildman–Crippen MR) is 107 cm³/mol. The molecule has 0 saturated carbocycles. The van der Waals surface area contributed by atoms with Crippen molar-refractivity contribution in [3.8, 4) is 11.1 Å². The topological polar surface area (TPSA) is 55.5 Å². The van der Waals surface area contributed by atoms with Gasteiger partial charge in [-0.15, -0.1) is 5.10 Å². The van der Waals surface area contributed by atoms with E-state index in [1.165, 1.54) is 12.1 Å². The number of fused-ring (bicyclic) bond motifs is 1. The zero-order valence-electron chi connectivity index (χ0n) is 15.8. The summed E-state index contributed by atoms with van der Waals surface area (Å²) in [5, 5.41) is 8.66. The van der Waals surface area contributed by atoms with E-state index in [-0.39, 0.29) is 11.9 Å². The molecule has 5 rings (SSSR count). The Morgan fingerprint density at radius 1 is 1.07 bits per heavy atom. The van der Waals surface area contributed by atoms with Gasteiger partial charge in [-0.2, -0.15) is 0 Å². The smallest absolute Gasteiger partial charge is 0.123 e. The molecule has 0 spiro atoms. The fraction of sp³-hybridized carbons (Fsp3) is 0.227. The van der Waals surface area contributed by atoms with Crippen LogP contribution in [0.2, 0.25) is 0 Å². The number of halogens is 1. The first-order valence-corrected chi connectivity index (χ1v) is 9.61. The predicted octanol–water partition coefficient (Wildman–Crippen LogP) is 3.50. The first-order valence-electron chi connectivity index (χ1n) is 9.61. The molecule has 4 heterocycles. The highest BCUT2D eigenvalue weighted by Crippen LogP contribution is 2.27. The van der Waals surface area contributed by atoms with Gasteiger partial charge < -0.3 is 4.74 Å². The lowest BCUT2D eigenvalue weighted by atomic mass is 10.1. The Hall–Kier alpha value is -3.16. The van der Waals surface area contributed by atoms with Crippen molar-refractivity contribution in [3.05, 3.63) is 84.2 Å². The summed E-state index contributed by atoms with van der Waals surface area (Å²) >= 11 is 0. The standard InChI is InChI=1S/C22H20FN5O/c23-18-5-3-4-16(12-18)17-7-8-20-22(25-26-28(20)13-17)21-15-27(10-11-29-21)14-19-6-1-2-9-24-19/h1-9,12-13,21H,10-11,14-15H2/t21-/m0/s1. The van der Waals surface area contributed by atoms with Crippen LogP contribution in [0, 0.1) is 5.82 Å². The van der Waals surface area contributed by atoms with Crippen molar-refractivity contribution in [1.29, 1.82) is 0 Å². The molecule has 1 aliphatic rings. The first-order chi connectivity index (χ1) is 14.3. The van der Waals surface area contributed by atoms with Crippen LogP contribution in [0.4, 0.5) is 4.39 Å². The minimum atomic E-state index is -0.259. The van der Waals surface area contributed by atoms with Gasteiger partial charge in [-0.3, -0.25) is 9.88 Å². The second-order valence-corrected chi connectivity index (χ2v) is 7.15. The molecule has 7 heteroatoms. The Kier molecular flexibility index (Phi) is 4.75. The van der Waals surface area contributed by atoms with E-state index in [1.54, 1.807) is 10.6 Å². The molecule has 0 amide bonds. The molecule has 0 unspecified atom stereocenters. The van der Waals surface area contributed by atoms with Crippen molar-refractivity contribution in [2.45, 2.75) is 12.6 Å². The molecule has 4 aromatic rings. The molecule has 0 aliphatic carbocycles. The number of hydrogen-bond acceptors (Lipinski definition) is 5. The Bertz CT molecular complexity index is 1130. The zero-order valence-corrected chi connectivity index (χ0v) is 15.8. The van der Waals surface area contributed by atoms with Crippen LogP contribution in [0.15, 0.2) is 67.0 Å². The SMILES string of the molecule is Fc1cccc(-c2ccc3c([C@@H]4CN(Cc5ccccn5)CCO4)nnn3c2)c1. The van der Waals surface area contributed by atoms with Crippen molar-refractivity contribution in [3.63, 3.8) is 0 Å². The summed E-state index contributed by atoms with van der Waals surface area (Å²) < 4.78 is 21.3. The zero-order chi connectivity index (χ0) is 19.6. The third-order valence-corrected chi connectivity index (χ3v) is 5.17. The fourth-order valence-electron chi connectivity index (χ4n) is 3.71. The molecule has 6 nitrogen and oxygen atoms in total. The number of nitrogens with zero attached hydrogens (tertiary/aromatic N) is 5. The molecule has 3 aromatic heterocycles. The molecule has 1 aliphatic heterocycles. The maximum atomic E-state index is 13.5.